The van der Waals surface area contributed by atoms with E-state index in [0.29, 0.717) is 36.5 Å². The summed E-state index contributed by atoms with van der Waals surface area (Å²) >= 11 is 0. The lowest BCUT2D eigenvalue weighted by Crippen LogP contribution is -2.52. The van der Waals surface area contributed by atoms with Gasteiger partial charge in [0.15, 0.2) is 0 Å². The normalized spacial score (nSPS) is 26.0. The molecule has 0 aromatic heterocycles. The van der Waals surface area contributed by atoms with Gasteiger partial charge in [0.1, 0.15) is 6.04 Å². The van der Waals surface area contributed by atoms with E-state index in [-0.39, 0.29) is 24.1 Å². The van der Waals surface area contributed by atoms with E-state index in [1.165, 1.54) is 25.7 Å². The summed E-state index contributed by atoms with van der Waals surface area (Å²) < 4.78 is 0. The molecule has 1 aliphatic carbocycles. The van der Waals surface area contributed by atoms with Crippen LogP contribution < -0.4 is 10.2 Å². The maximum atomic E-state index is 12.9. The Morgan fingerprint density at radius 3 is 2.60 bits per heavy atom. The van der Waals surface area contributed by atoms with Crippen molar-refractivity contribution in [1.82, 2.24) is 10.2 Å². The van der Waals surface area contributed by atoms with E-state index in [4.69, 9.17) is 5.11 Å². The van der Waals surface area contributed by atoms with Gasteiger partial charge >= 0.3 is 0 Å². The minimum atomic E-state index is -0.564. The van der Waals surface area contributed by atoms with Gasteiger partial charge in [0.25, 0.3) is 5.91 Å². The molecule has 0 radical (unpaired) electrons. The van der Waals surface area contributed by atoms with Crippen molar-refractivity contribution in [3.05, 3.63) is 29.3 Å². The van der Waals surface area contributed by atoms with Crippen molar-refractivity contribution in [2.24, 2.45) is 11.3 Å². The molecular formula is C23H29N3O4. The second-order valence-electron chi connectivity index (χ2n) is 9.52. The smallest absolute Gasteiger partial charge is 0.255 e. The Kier molecular flexibility index (Phi) is 4.81. The van der Waals surface area contributed by atoms with Crippen molar-refractivity contribution < 1.29 is 19.5 Å². The third kappa shape index (κ3) is 3.29. The third-order valence-electron chi connectivity index (χ3n) is 7.68. The molecule has 2 saturated heterocycles. The molecule has 1 saturated carbocycles. The van der Waals surface area contributed by atoms with Gasteiger partial charge in [0, 0.05) is 43.9 Å². The number of aliphatic hydroxyl groups is 1. The molecule has 2 N–H and O–H groups in total. The number of nitrogens with zero attached hydrogens (tertiary/aromatic N) is 2. The van der Waals surface area contributed by atoms with E-state index < -0.39 is 6.04 Å². The number of anilines is 1. The summed E-state index contributed by atoms with van der Waals surface area (Å²) in [6, 6.07) is 5.46. The van der Waals surface area contributed by atoms with E-state index in [1.807, 2.05) is 12.1 Å². The van der Waals surface area contributed by atoms with Gasteiger partial charge < -0.3 is 14.9 Å². The highest BCUT2D eigenvalue weighted by molar-refractivity contribution is 6.05. The molecule has 4 aliphatic rings. The fraction of sp³-hybridized carbons (Fsp3) is 0.609. The average Bonchev–Trinajstić information content (AvgIpc) is 3.03. The van der Waals surface area contributed by atoms with Crippen LogP contribution in [0.4, 0.5) is 5.69 Å². The maximum absolute atomic E-state index is 12.9. The van der Waals surface area contributed by atoms with Crippen LogP contribution in [0.25, 0.3) is 0 Å². The second-order valence-corrected chi connectivity index (χ2v) is 9.52. The minimum Gasteiger partial charge on any atom is -0.396 e. The van der Waals surface area contributed by atoms with Gasteiger partial charge in [-0.1, -0.05) is 0 Å². The second kappa shape index (κ2) is 7.38. The average molecular weight is 412 g/mol. The maximum Gasteiger partial charge on any atom is 0.255 e. The molecule has 3 heterocycles. The SMILES string of the molecule is O=C1CCC(N2Cc3cc(N4CCC5(CC4)CC(CCO)C5)ccc3C2=O)C(=O)N1. The first-order valence-corrected chi connectivity index (χ1v) is 11.1. The number of benzene rings is 1. The lowest BCUT2D eigenvalue weighted by Gasteiger charge is -2.53. The molecule has 160 valence electrons. The number of fused-ring (bicyclic) bond motifs is 1. The summed E-state index contributed by atoms with van der Waals surface area (Å²) in [6.45, 7) is 2.77. The van der Waals surface area contributed by atoms with Gasteiger partial charge in [0.05, 0.1) is 0 Å². The lowest BCUT2D eigenvalue weighted by molar-refractivity contribution is -0.136. The Labute approximate surface area is 176 Å². The summed E-state index contributed by atoms with van der Waals surface area (Å²) in [5.74, 6) is -0.0486. The van der Waals surface area contributed by atoms with Crippen LogP contribution in [0.15, 0.2) is 18.2 Å². The van der Waals surface area contributed by atoms with E-state index in [1.54, 1.807) is 4.90 Å². The number of carbonyl (C=O) groups is 3. The standard InChI is InChI=1S/C23H29N3O4/c27-10-5-15-12-23(13-15)6-8-25(9-7-23)17-1-2-18-16(11-17)14-26(22(18)30)19-3-4-20(28)24-21(19)29/h1-2,11,15,19,27H,3-10,12-14H2,(H,24,28,29). The molecule has 1 spiro atoms. The van der Waals surface area contributed by atoms with Gasteiger partial charge in [-0.2, -0.15) is 0 Å². The molecule has 3 amide bonds. The summed E-state index contributed by atoms with van der Waals surface area (Å²) in [5, 5.41) is 11.5. The van der Waals surface area contributed by atoms with Crippen LogP contribution in [-0.4, -0.2) is 53.5 Å². The first kappa shape index (κ1) is 19.5. The Morgan fingerprint density at radius 1 is 1.13 bits per heavy atom. The van der Waals surface area contributed by atoms with Crippen molar-refractivity contribution in [3.8, 4) is 0 Å². The Balaban J connectivity index is 1.24. The van der Waals surface area contributed by atoms with Crippen LogP contribution in [0.3, 0.4) is 0 Å². The molecule has 5 rings (SSSR count). The number of imide groups is 1. The number of hydrogen-bond donors (Lipinski definition) is 2. The summed E-state index contributed by atoms with van der Waals surface area (Å²) in [6.07, 6.45) is 6.48. The summed E-state index contributed by atoms with van der Waals surface area (Å²) in [4.78, 5) is 40.5. The van der Waals surface area contributed by atoms with Crippen LogP contribution in [0.5, 0.6) is 0 Å². The van der Waals surface area contributed by atoms with Crippen LogP contribution >= 0.6 is 0 Å². The monoisotopic (exact) mass is 411 g/mol. The van der Waals surface area contributed by atoms with Crippen molar-refractivity contribution in [2.75, 3.05) is 24.6 Å². The zero-order valence-corrected chi connectivity index (χ0v) is 17.2. The first-order chi connectivity index (χ1) is 14.5. The number of amides is 3. The molecule has 0 bridgehead atoms. The predicted octanol–water partition coefficient (Wildman–Crippen LogP) is 1.83. The highest BCUT2D eigenvalue weighted by Gasteiger charge is 2.45. The van der Waals surface area contributed by atoms with Gasteiger partial charge in [-0.05, 0) is 73.6 Å². The molecule has 3 fully saturated rings. The van der Waals surface area contributed by atoms with Crippen molar-refractivity contribution in [2.45, 2.75) is 57.5 Å². The summed E-state index contributed by atoms with van der Waals surface area (Å²) in [5.41, 5.74) is 3.26. The van der Waals surface area contributed by atoms with Crippen molar-refractivity contribution in [1.29, 1.82) is 0 Å². The number of nitrogens with one attached hydrogen (secondary N) is 1. The molecule has 7 nitrogen and oxygen atoms in total. The van der Waals surface area contributed by atoms with E-state index in [0.717, 1.165) is 30.8 Å². The fourth-order valence-corrected chi connectivity index (χ4v) is 5.96. The number of piperidine rings is 2. The molecule has 1 aromatic rings. The van der Waals surface area contributed by atoms with E-state index in [2.05, 4.69) is 16.3 Å². The van der Waals surface area contributed by atoms with Crippen molar-refractivity contribution >= 4 is 23.4 Å². The highest BCUT2D eigenvalue weighted by atomic mass is 16.3. The zero-order valence-electron chi connectivity index (χ0n) is 17.2. The quantitative estimate of drug-likeness (QED) is 0.738. The van der Waals surface area contributed by atoms with Gasteiger partial charge in [-0.15, -0.1) is 0 Å². The van der Waals surface area contributed by atoms with E-state index in [9.17, 15) is 14.4 Å². The highest BCUT2D eigenvalue weighted by Crippen LogP contribution is 2.53. The Hall–Kier alpha value is -2.41. The lowest BCUT2D eigenvalue weighted by atomic mass is 9.57. The molecule has 3 aliphatic heterocycles. The van der Waals surface area contributed by atoms with Crippen LogP contribution in [0, 0.1) is 11.3 Å². The minimum absolute atomic E-state index is 0.118. The fourth-order valence-electron chi connectivity index (χ4n) is 5.96. The first-order valence-electron chi connectivity index (χ1n) is 11.1. The molecular weight excluding hydrogens is 382 g/mol. The van der Waals surface area contributed by atoms with Gasteiger partial charge in [0.2, 0.25) is 11.8 Å². The molecule has 7 heteroatoms. The van der Waals surface area contributed by atoms with Gasteiger partial charge in [-0.25, -0.2) is 0 Å². The van der Waals surface area contributed by atoms with Crippen LogP contribution in [0.2, 0.25) is 0 Å². The number of rotatable bonds is 4. The zero-order chi connectivity index (χ0) is 20.9. The molecule has 1 unspecified atom stereocenters. The number of aliphatic hydroxyl groups excluding tert-OH is 1. The Bertz CT molecular complexity index is 882. The Morgan fingerprint density at radius 2 is 1.90 bits per heavy atom. The molecule has 1 aromatic carbocycles. The largest absolute Gasteiger partial charge is 0.396 e. The summed E-state index contributed by atoms with van der Waals surface area (Å²) in [7, 11) is 0. The van der Waals surface area contributed by atoms with Crippen LogP contribution in [0.1, 0.15) is 60.9 Å². The number of carbonyl (C=O) groups excluding carboxylic acids is 3. The third-order valence-corrected chi connectivity index (χ3v) is 7.68. The molecule has 1 atom stereocenters. The van der Waals surface area contributed by atoms with E-state index >= 15 is 0 Å². The number of hydrogen-bond acceptors (Lipinski definition) is 5. The van der Waals surface area contributed by atoms with Gasteiger partial charge in [-0.3, -0.25) is 19.7 Å². The molecule has 30 heavy (non-hydrogen) atoms. The van der Waals surface area contributed by atoms with Crippen molar-refractivity contribution in [3.63, 3.8) is 0 Å². The topological polar surface area (TPSA) is 90.0 Å². The van der Waals surface area contributed by atoms with Crippen LogP contribution in [-0.2, 0) is 16.1 Å². The predicted molar refractivity (Wildman–Crippen MR) is 111 cm³/mol.